The summed E-state index contributed by atoms with van der Waals surface area (Å²) in [7, 11) is 0. The maximum absolute atomic E-state index is 2.33. The summed E-state index contributed by atoms with van der Waals surface area (Å²) in [5.74, 6) is 0. The van der Waals surface area contributed by atoms with Crippen molar-refractivity contribution in [3.63, 3.8) is 0 Å². The Balaban J connectivity index is 0.000000960. The Kier molecular flexibility index (Phi) is 5.56. The number of halogens is 2. The predicted molar refractivity (Wildman–Crippen MR) is 120 cm³/mol. The average Bonchev–Trinajstić information content (AvgIpc) is 2.77. The van der Waals surface area contributed by atoms with E-state index >= 15 is 0 Å². The van der Waals surface area contributed by atoms with Gasteiger partial charge in [-0.25, -0.2) is 0 Å². The predicted octanol–water partition coefficient (Wildman–Crippen LogP) is 6.90. The molecule has 3 aromatic carbocycles. The molecule has 0 aromatic heterocycles. The summed E-state index contributed by atoms with van der Waals surface area (Å²) >= 11 is 0. The zero-order valence-electron chi connectivity index (χ0n) is 13.2. The van der Waals surface area contributed by atoms with E-state index in [1.807, 2.05) is 0 Å². The van der Waals surface area contributed by atoms with Crippen LogP contribution in [-0.4, -0.2) is 0 Å². The van der Waals surface area contributed by atoms with Crippen LogP contribution in [0.2, 0.25) is 0 Å². The molecule has 1 aliphatic rings. The van der Waals surface area contributed by atoms with Crippen molar-refractivity contribution in [2.75, 3.05) is 0 Å². The van der Waals surface area contributed by atoms with Crippen LogP contribution in [0, 0.1) is 0 Å². The fourth-order valence-corrected chi connectivity index (χ4v) is 3.61. The van der Waals surface area contributed by atoms with Crippen molar-refractivity contribution in [1.82, 2.24) is 0 Å². The van der Waals surface area contributed by atoms with E-state index in [1.165, 1.54) is 33.4 Å². The zero-order chi connectivity index (χ0) is 14.4. The number of rotatable bonds is 1. The van der Waals surface area contributed by atoms with Crippen molar-refractivity contribution in [3.8, 4) is 22.3 Å². The molecule has 1 aliphatic carbocycles. The topological polar surface area (TPSA) is 0 Å². The number of hydrogen-bond donors (Lipinski definition) is 0. The van der Waals surface area contributed by atoms with Gasteiger partial charge in [-0.05, 0) is 33.4 Å². The summed E-state index contributed by atoms with van der Waals surface area (Å²) < 4.78 is 0. The molecule has 4 rings (SSSR count). The molecule has 0 bridgehead atoms. The largest absolute Gasteiger partial charge is 0.107 e. The number of fused-ring (bicyclic) bond motifs is 3. The molecule has 0 saturated heterocycles. The minimum atomic E-state index is 0. The second-order valence-corrected chi connectivity index (χ2v) is 6.26. The Bertz CT molecular complexity index is 820. The van der Waals surface area contributed by atoms with Crippen molar-refractivity contribution < 1.29 is 0 Å². The molecule has 0 aliphatic heterocycles. The average molecular weight is 526 g/mol. The van der Waals surface area contributed by atoms with Gasteiger partial charge in [-0.3, -0.25) is 0 Å². The van der Waals surface area contributed by atoms with Gasteiger partial charge in [0.1, 0.15) is 0 Å². The SMILES string of the molecule is CC1(C)c2ccccc2-c2c(-c3ccccc3)cccc21.I.I. The first-order chi connectivity index (χ1) is 10.2. The molecule has 3 aromatic rings. The van der Waals surface area contributed by atoms with Crippen LogP contribution in [0.25, 0.3) is 22.3 Å². The number of hydrogen-bond acceptors (Lipinski definition) is 0. The fourth-order valence-electron chi connectivity index (χ4n) is 3.61. The van der Waals surface area contributed by atoms with Crippen LogP contribution in [0.1, 0.15) is 25.0 Å². The molecule has 0 nitrogen and oxygen atoms in total. The number of benzene rings is 3. The first kappa shape index (κ1) is 18.5. The molecule has 0 fully saturated rings. The monoisotopic (exact) mass is 526 g/mol. The van der Waals surface area contributed by atoms with Crippen LogP contribution in [-0.2, 0) is 5.41 Å². The summed E-state index contributed by atoms with van der Waals surface area (Å²) in [5.41, 5.74) is 8.37. The summed E-state index contributed by atoms with van der Waals surface area (Å²) in [6.45, 7) is 4.65. The summed E-state index contributed by atoms with van der Waals surface area (Å²) in [6.07, 6.45) is 0. The van der Waals surface area contributed by atoms with E-state index in [1.54, 1.807) is 0 Å². The van der Waals surface area contributed by atoms with Gasteiger partial charge in [0.25, 0.3) is 0 Å². The minimum absolute atomic E-state index is 0. The molecule has 0 radical (unpaired) electrons. The van der Waals surface area contributed by atoms with E-state index in [4.69, 9.17) is 0 Å². The van der Waals surface area contributed by atoms with E-state index in [0.717, 1.165) is 0 Å². The molecule has 0 atom stereocenters. The molecule has 0 spiro atoms. The lowest BCUT2D eigenvalue weighted by atomic mass is 9.82. The summed E-state index contributed by atoms with van der Waals surface area (Å²) in [4.78, 5) is 0. The van der Waals surface area contributed by atoms with Crippen molar-refractivity contribution in [2.24, 2.45) is 0 Å². The normalized spacial score (nSPS) is 13.3. The standard InChI is InChI=1S/C21H18.2HI/c1-21(2)18-13-7-6-11-17(18)20-16(12-8-14-19(20)21)15-9-4-3-5-10-15;;/h3-14H,1-2H3;2*1H. The Morgan fingerprint density at radius 1 is 0.565 bits per heavy atom. The Hall–Kier alpha value is -0.880. The van der Waals surface area contributed by atoms with Gasteiger partial charge in [-0.2, -0.15) is 0 Å². The highest BCUT2D eigenvalue weighted by molar-refractivity contribution is 14.0. The van der Waals surface area contributed by atoms with E-state index in [0.29, 0.717) is 0 Å². The van der Waals surface area contributed by atoms with Crippen LogP contribution in [0.4, 0.5) is 0 Å². The van der Waals surface area contributed by atoms with E-state index in [9.17, 15) is 0 Å². The van der Waals surface area contributed by atoms with Gasteiger partial charge in [0.2, 0.25) is 0 Å². The lowest BCUT2D eigenvalue weighted by Gasteiger charge is -2.21. The first-order valence-corrected chi connectivity index (χ1v) is 7.48. The highest BCUT2D eigenvalue weighted by Crippen LogP contribution is 2.51. The first-order valence-electron chi connectivity index (χ1n) is 7.48. The molecule has 0 N–H and O–H groups in total. The Morgan fingerprint density at radius 3 is 1.87 bits per heavy atom. The van der Waals surface area contributed by atoms with Gasteiger partial charge in [0, 0.05) is 5.41 Å². The molecular formula is C21H20I2. The fraction of sp³-hybridized carbons (Fsp3) is 0.143. The zero-order valence-corrected chi connectivity index (χ0v) is 17.9. The highest BCUT2D eigenvalue weighted by Gasteiger charge is 2.36. The van der Waals surface area contributed by atoms with Crippen molar-refractivity contribution in [2.45, 2.75) is 19.3 Å². The van der Waals surface area contributed by atoms with Crippen LogP contribution in [0.5, 0.6) is 0 Å². The van der Waals surface area contributed by atoms with Gasteiger partial charge in [0.15, 0.2) is 0 Å². The van der Waals surface area contributed by atoms with Crippen molar-refractivity contribution in [3.05, 3.63) is 83.9 Å². The molecule has 0 amide bonds. The van der Waals surface area contributed by atoms with Crippen LogP contribution >= 0.6 is 48.0 Å². The lowest BCUT2D eigenvalue weighted by molar-refractivity contribution is 0.660. The van der Waals surface area contributed by atoms with Crippen LogP contribution in [0.3, 0.4) is 0 Å². The van der Waals surface area contributed by atoms with Gasteiger partial charge < -0.3 is 0 Å². The third-order valence-electron chi connectivity index (χ3n) is 4.69. The molecule has 0 unspecified atom stereocenters. The quantitative estimate of drug-likeness (QED) is 0.303. The smallest absolute Gasteiger partial charge is 0.0159 e. The Morgan fingerprint density at radius 2 is 1.13 bits per heavy atom. The van der Waals surface area contributed by atoms with Gasteiger partial charge in [-0.1, -0.05) is 86.6 Å². The third kappa shape index (κ3) is 2.84. The van der Waals surface area contributed by atoms with Gasteiger partial charge in [0.05, 0.1) is 0 Å². The molecule has 0 saturated carbocycles. The van der Waals surface area contributed by atoms with Crippen LogP contribution < -0.4 is 0 Å². The molecule has 2 heteroatoms. The van der Waals surface area contributed by atoms with Gasteiger partial charge >= 0.3 is 0 Å². The second kappa shape index (κ2) is 6.93. The lowest BCUT2D eigenvalue weighted by Crippen LogP contribution is -2.14. The molecular weight excluding hydrogens is 506 g/mol. The maximum atomic E-state index is 2.33. The molecule has 23 heavy (non-hydrogen) atoms. The molecule has 118 valence electrons. The third-order valence-corrected chi connectivity index (χ3v) is 4.69. The Labute approximate surface area is 172 Å². The van der Waals surface area contributed by atoms with E-state index in [2.05, 4.69) is 86.6 Å². The highest BCUT2D eigenvalue weighted by atomic mass is 127. The maximum Gasteiger partial charge on any atom is 0.0159 e. The van der Waals surface area contributed by atoms with Crippen molar-refractivity contribution >= 4 is 48.0 Å². The van der Waals surface area contributed by atoms with E-state index in [-0.39, 0.29) is 53.4 Å². The molecule has 0 heterocycles. The van der Waals surface area contributed by atoms with E-state index < -0.39 is 0 Å². The summed E-state index contributed by atoms with van der Waals surface area (Å²) in [6, 6.07) is 26.2. The van der Waals surface area contributed by atoms with Crippen LogP contribution in [0.15, 0.2) is 72.8 Å². The summed E-state index contributed by atoms with van der Waals surface area (Å²) in [5, 5.41) is 0. The van der Waals surface area contributed by atoms with Crippen molar-refractivity contribution in [1.29, 1.82) is 0 Å². The van der Waals surface area contributed by atoms with Gasteiger partial charge in [-0.15, -0.1) is 48.0 Å². The minimum Gasteiger partial charge on any atom is -0.107 e. The second-order valence-electron chi connectivity index (χ2n) is 6.26.